The second kappa shape index (κ2) is 4.48. The van der Waals surface area contributed by atoms with Crippen molar-refractivity contribution in [2.45, 2.75) is 4.34 Å². The van der Waals surface area contributed by atoms with Crippen LogP contribution in [-0.4, -0.2) is 51.5 Å². The molecule has 1 aliphatic heterocycles. The van der Waals surface area contributed by atoms with E-state index in [9.17, 15) is 8.42 Å². The second-order valence-corrected chi connectivity index (χ2v) is 7.30. The summed E-state index contributed by atoms with van der Waals surface area (Å²) in [7, 11) is 3.60. The van der Waals surface area contributed by atoms with Gasteiger partial charge in [-0.1, -0.05) is 0 Å². The van der Waals surface area contributed by atoms with Gasteiger partial charge in [0.1, 0.15) is 5.82 Å². The molecule has 1 aromatic rings. The number of nitrogens with zero attached hydrogens (tertiary/aromatic N) is 3. The molecule has 0 N–H and O–H groups in total. The molecule has 0 aromatic carbocycles. The van der Waals surface area contributed by atoms with Crippen LogP contribution in [0.5, 0.6) is 0 Å². The number of anilines is 1. The number of likely N-dealkylation sites (N-methyl/N-ethyl adjacent to an activating group) is 1. The van der Waals surface area contributed by atoms with Crippen LogP contribution in [0.4, 0.5) is 5.82 Å². The Balaban J connectivity index is 2.14. The predicted molar refractivity (Wildman–Crippen MR) is 64.9 cm³/mol. The highest BCUT2D eigenvalue weighted by Crippen LogP contribution is 2.25. The Morgan fingerprint density at radius 1 is 1.38 bits per heavy atom. The van der Waals surface area contributed by atoms with Crippen molar-refractivity contribution >= 4 is 36.9 Å². The number of halogens is 1. The lowest BCUT2D eigenvalue weighted by Gasteiger charge is -2.32. The number of hydrogen-bond donors (Lipinski definition) is 0. The van der Waals surface area contributed by atoms with Gasteiger partial charge in [-0.2, -0.15) is 0 Å². The fourth-order valence-corrected chi connectivity index (χ4v) is 3.33. The minimum absolute atomic E-state index is 0.0249. The third-order valence-electron chi connectivity index (χ3n) is 2.51. The first kappa shape index (κ1) is 12.1. The van der Waals surface area contributed by atoms with Gasteiger partial charge in [0.15, 0.2) is 0 Å². The fourth-order valence-electron chi connectivity index (χ4n) is 1.54. The maximum atomic E-state index is 11.1. The molecule has 0 radical (unpaired) electrons. The molecule has 0 aliphatic carbocycles. The molecule has 0 saturated carbocycles. The highest BCUT2D eigenvalue weighted by Gasteiger charge is 2.20. The Morgan fingerprint density at radius 3 is 2.50 bits per heavy atom. The van der Waals surface area contributed by atoms with E-state index in [1.807, 2.05) is 0 Å². The zero-order chi connectivity index (χ0) is 11.8. The zero-order valence-electron chi connectivity index (χ0n) is 8.76. The Kier molecular flexibility index (Phi) is 3.39. The van der Waals surface area contributed by atoms with E-state index in [1.165, 1.54) is 0 Å². The maximum Gasteiger partial charge on any atom is 0.288 e. The number of thiazole rings is 1. The lowest BCUT2D eigenvalue weighted by Crippen LogP contribution is -2.44. The molecular weight excluding hydrogens is 270 g/mol. The van der Waals surface area contributed by atoms with Crippen LogP contribution in [0, 0.1) is 0 Å². The van der Waals surface area contributed by atoms with E-state index in [0.717, 1.165) is 37.5 Å². The van der Waals surface area contributed by atoms with Crippen LogP contribution in [0.3, 0.4) is 0 Å². The average molecular weight is 282 g/mol. The Hall–Kier alpha value is -0.370. The molecule has 0 unspecified atom stereocenters. The predicted octanol–water partition coefficient (Wildman–Crippen LogP) is 0.822. The van der Waals surface area contributed by atoms with Gasteiger partial charge in [0, 0.05) is 42.2 Å². The quantitative estimate of drug-likeness (QED) is 0.752. The molecule has 1 aromatic heterocycles. The van der Waals surface area contributed by atoms with Crippen LogP contribution in [0.15, 0.2) is 9.72 Å². The van der Waals surface area contributed by atoms with Crippen LogP contribution in [-0.2, 0) is 9.05 Å². The molecule has 1 fully saturated rings. The second-order valence-electron chi connectivity index (χ2n) is 3.70. The van der Waals surface area contributed by atoms with E-state index in [-0.39, 0.29) is 4.34 Å². The summed E-state index contributed by atoms with van der Waals surface area (Å²) in [6.45, 7) is 3.64. The third-order valence-corrected chi connectivity index (χ3v) is 5.30. The summed E-state index contributed by atoms with van der Waals surface area (Å²) < 4.78 is 22.1. The van der Waals surface area contributed by atoms with Gasteiger partial charge >= 0.3 is 0 Å². The number of piperazine rings is 1. The van der Waals surface area contributed by atoms with Gasteiger partial charge in [0.25, 0.3) is 9.05 Å². The molecule has 5 nitrogen and oxygen atoms in total. The van der Waals surface area contributed by atoms with E-state index in [0.29, 0.717) is 5.82 Å². The van der Waals surface area contributed by atoms with Gasteiger partial charge in [-0.15, -0.1) is 11.3 Å². The van der Waals surface area contributed by atoms with Crippen molar-refractivity contribution in [1.82, 2.24) is 9.88 Å². The summed E-state index contributed by atoms with van der Waals surface area (Å²) in [6, 6.07) is 0. The molecule has 0 amide bonds. The highest BCUT2D eigenvalue weighted by molar-refractivity contribution is 8.14. The van der Waals surface area contributed by atoms with E-state index in [4.69, 9.17) is 10.7 Å². The first-order valence-corrected chi connectivity index (χ1v) is 7.99. The molecule has 16 heavy (non-hydrogen) atoms. The summed E-state index contributed by atoms with van der Waals surface area (Å²) in [5.41, 5.74) is 0. The van der Waals surface area contributed by atoms with Crippen LogP contribution >= 0.6 is 22.0 Å². The van der Waals surface area contributed by atoms with Crippen molar-refractivity contribution in [1.29, 1.82) is 0 Å². The van der Waals surface area contributed by atoms with Gasteiger partial charge in [-0.05, 0) is 7.05 Å². The topological polar surface area (TPSA) is 53.5 Å². The van der Waals surface area contributed by atoms with Gasteiger partial charge in [0.2, 0.25) is 4.34 Å². The summed E-state index contributed by atoms with van der Waals surface area (Å²) >= 11 is 1.06. The van der Waals surface area contributed by atoms with Crippen molar-refractivity contribution in [2.24, 2.45) is 0 Å². The van der Waals surface area contributed by atoms with Crippen molar-refractivity contribution in [3.05, 3.63) is 5.38 Å². The van der Waals surface area contributed by atoms with Crippen molar-refractivity contribution in [3.8, 4) is 0 Å². The lowest BCUT2D eigenvalue weighted by atomic mass is 10.3. The molecule has 1 aliphatic rings. The van der Waals surface area contributed by atoms with Crippen LogP contribution in [0.2, 0.25) is 0 Å². The smallest absolute Gasteiger partial charge is 0.288 e. The molecule has 1 saturated heterocycles. The van der Waals surface area contributed by atoms with Crippen molar-refractivity contribution < 1.29 is 8.42 Å². The Morgan fingerprint density at radius 2 is 2.00 bits per heavy atom. The van der Waals surface area contributed by atoms with Gasteiger partial charge in [-0.25, -0.2) is 13.4 Å². The maximum absolute atomic E-state index is 11.1. The summed E-state index contributed by atoms with van der Waals surface area (Å²) in [5.74, 6) is 0.706. The lowest BCUT2D eigenvalue weighted by molar-refractivity contribution is 0.312. The summed E-state index contributed by atoms with van der Waals surface area (Å²) in [4.78, 5) is 8.33. The first-order valence-electron chi connectivity index (χ1n) is 4.80. The minimum atomic E-state index is -3.69. The Bertz CT molecular complexity index is 465. The third kappa shape index (κ3) is 2.65. The Labute approximate surface area is 103 Å². The van der Waals surface area contributed by atoms with Crippen molar-refractivity contribution in [3.63, 3.8) is 0 Å². The normalized spacial score (nSPS) is 19.0. The molecule has 8 heteroatoms. The molecular formula is C8H12ClN3O2S2. The monoisotopic (exact) mass is 281 g/mol. The van der Waals surface area contributed by atoms with Gasteiger partial charge < -0.3 is 9.80 Å². The van der Waals surface area contributed by atoms with E-state index in [2.05, 4.69) is 21.8 Å². The SMILES string of the molecule is CN1CCN(c2csc(S(=O)(=O)Cl)n2)CC1. The zero-order valence-corrected chi connectivity index (χ0v) is 11.1. The van der Waals surface area contributed by atoms with E-state index >= 15 is 0 Å². The summed E-state index contributed by atoms with van der Waals surface area (Å²) in [6.07, 6.45) is 0. The first-order chi connectivity index (χ1) is 7.47. The molecule has 2 rings (SSSR count). The largest absolute Gasteiger partial charge is 0.353 e. The highest BCUT2D eigenvalue weighted by atomic mass is 35.7. The van der Waals surface area contributed by atoms with Crippen LogP contribution in [0.25, 0.3) is 0 Å². The average Bonchev–Trinajstić information content (AvgIpc) is 2.67. The molecule has 2 heterocycles. The van der Waals surface area contributed by atoms with E-state index in [1.54, 1.807) is 5.38 Å². The molecule has 0 spiro atoms. The number of hydrogen-bond acceptors (Lipinski definition) is 6. The standard InChI is InChI=1S/C8H12ClN3O2S2/c1-11-2-4-12(5-3-11)7-6-15-8(10-7)16(9,13)14/h6H,2-5H2,1H3. The van der Waals surface area contributed by atoms with Gasteiger partial charge in [0.05, 0.1) is 0 Å². The van der Waals surface area contributed by atoms with Crippen molar-refractivity contribution in [2.75, 3.05) is 38.1 Å². The minimum Gasteiger partial charge on any atom is -0.353 e. The van der Waals surface area contributed by atoms with Gasteiger partial charge in [-0.3, -0.25) is 0 Å². The van der Waals surface area contributed by atoms with Crippen LogP contribution < -0.4 is 4.90 Å². The number of rotatable bonds is 2. The molecule has 90 valence electrons. The summed E-state index contributed by atoms with van der Waals surface area (Å²) in [5, 5.41) is 1.74. The molecule has 0 bridgehead atoms. The van der Waals surface area contributed by atoms with E-state index < -0.39 is 9.05 Å². The molecule has 0 atom stereocenters. The van der Waals surface area contributed by atoms with Crippen LogP contribution in [0.1, 0.15) is 0 Å². The fraction of sp³-hybridized carbons (Fsp3) is 0.625. The number of aromatic nitrogens is 1.